The van der Waals surface area contributed by atoms with Crippen molar-refractivity contribution in [3.63, 3.8) is 0 Å². The molecule has 1 aromatic carbocycles. The Morgan fingerprint density at radius 2 is 1.53 bits per heavy atom. The summed E-state index contributed by atoms with van der Waals surface area (Å²) in [5.74, 6) is -0.393. The molecule has 0 saturated heterocycles. The van der Waals surface area contributed by atoms with Crippen LogP contribution < -0.4 is 0 Å². The number of hydrogen-bond donors (Lipinski definition) is 1. The first kappa shape index (κ1) is 11.9. The van der Waals surface area contributed by atoms with Crippen molar-refractivity contribution in [1.29, 1.82) is 0 Å². The van der Waals surface area contributed by atoms with Crippen LogP contribution in [0.25, 0.3) is 0 Å². The van der Waals surface area contributed by atoms with Crippen LogP contribution in [0.15, 0.2) is 24.3 Å². The molecule has 0 unspecified atom stereocenters. The zero-order valence-corrected chi connectivity index (χ0v) is 9.21. The summed E-state index contributed by atoms with van der Waals surface area (Å²) in [6.07, 6.45) is 0. The Morgan fingerprint density at radius 1 is 1.13 bits per heavy atom. The van der Waals surface area contributed by atoms with Gasteiger partial charge in [0, 0.05) is 11.1 Å². The van der Waals surface area contributed by atoms with Gasteiger partial charge in [-0.25, -0.2) is 0 Å². The van der Waals surface area contributed by atoms with Crippen LogP contribution in [-0.2, 0) is 0 Å². The van der Waals surface area contributed by atoms with E-state index in [4.69, 9.17) is 11.6 Å². The molecule has 1 N–H and O–H groups in total. The number of Topliss-reactive ketones (excluding diaryl/α,β-unsaturated/α-hetero) is 1. The molecule has 80 valence electrons. The van der Waals surface area contributed by atoms with Crippen LogP contribution in [0.3, 0.4) is 0 Å². The van der Waals surface area contributed by atoms with Gasteiger partial charge in [-0.2, -0.15) is 0 Å². The number of hydrogen-bond acceptors (Lipinski definition) is 3. The lowest BCUT2D eigenvalue weighted by Crippen LogP contribution is -2.31. The van der Waals surface area contributed by atoms with Gasteiger partial charge in [-0.05, 0) is 37.6 Å². The van der Waals surface area contributed by atoms with Crippen molar-refractivity contribution in [2.75, 3.05) is 0 Å². The topological polar surface area (TPSA) is 54.4 Å². The predicted molar refractivity (Wildman–Crippen MR) is 57.3 cm³/mol. The van der Waals surface area contributed by atoms with E-state index in [1.807, 2.05) is 0 Å². The summed E-state index contributed by atoms with van der Waals surface area (Å²) in [5, 5.41) is 8.90. The first-order chi connectivity index (χ1) is 6.82. The summed E-state index contributed by atoms with van der Waals surface area (Å²) < 4.78 is 0. The number of carbonyl (C=O) groups excluding carboxylic acids is 2. The molecule has 0 radical (unpaired) electrons. The van der Waals surface area contributed by atoms with E-state index in [1.54, 1.807) is 0 Å². The maximum absolute atomic E-state index is 11.6. The van der Waals surface area contributed by atoms with Crippen LogP contribution in [0, 0.1) is 0 Å². The third kappa shape index (κ3) is 2.88. The highest BCUT2D eigenvalue weighted by molar-refractivity contribution is 6.67. The van der Waals surface area contributed by atoms with Crippen molar-refractivity contribution in [2.45, 2.75) is 19.4 Å². The van der Waals surface area contributed by atoms with Crippen LogP contribution >= 0.6 is 11.6 Å². The molecular weight excluding hydrogens is 216 g/mol. The van der Waals surface area contributed by atoms with E-state index in [2.05, 4.69) is 0 Å². The Morgan fingerprint density at radius 3 is 1.87 bits per heavy atom. The van der Waals surface area contributed by atoms with Crippen molar-refractivity contribution in [2.24, 2.45) is 0 Å². The molecular formula is C11H11ClO3. The first-order valence-electron chi connectivity index (χ1n) is 4.39. The van der Waals surface area contributed by atoms with Crippen LogP contribution in [0.4, 0.5) is 0 Å². The molecule has 0 amide bonds. The van der Waals surface area contributed by atoms with E-state index in [9.17, 15) is 14.7 Å². The smallest absolute Gasteiger partial charge is 0.252 e. The Labute approximate surface area is 92.7 Å². The summed E-state index contributed by atoms with van der Waals surface area (Å²) in [6, 6.07) is 5.84. The third-order valence-electron chi connectivity index (χ3n) is 1.93. The zero-order valence-electron chi connectivity index (χ0n) is 8.45. The monoisotopic (exact) mass is 226 g/mol. The quantitative estimate of drug-likeness (QED) is 0.634. The molecule has 0 atom stereocenters. The fourth-order valence-corrected chi connectivity index (χ4v) is 1.23. The standard InChI is InChI=1S/C11H11ClO3/c1-11(2,15)9(13)7-3-5-8(6-4-7)10(12)14/h3-6,15H,1-2H3. The second-order valence-electron chi connectivity index (χ2n) is 3.74. The fourth-order valence-electron chi connectivity index (χ4n) is 1.11. The van der Waals surface area contributed by atoms with Crippen LogP contribution in [0.1, 0.15) is 34.6 Å². The molecule has 0 bridgehead atoms. The zero-order chi connectivity index (χ0) is 11.6. The van der Waals surface area contributed by atoms with Crippen molar-refractivity contribution in [1.82, 2.24) is 0 Å². The second-order valence-corrected chi connectivity index (χ2v) is 4.08. The molecule has 0 aromatic heterocycles. The van der Waals surface area contributed by atoms with Gasteiger partial charge >= 0.3 is 0 Å². The molecule has 0 spiro atoms. The SMILES string of the molecule is CC(C)(O)C(=O)c1ccc(C(=O)Cl)cc1. The van der Waals surface area contributed by atoms with Gasteiger partial charge in [-0.1, -0.05) is 12.1 Å². The summed E-state index contributed by atoms with van der Waals surface area (Å²) >= 11 is 5.25. The summed E-state index contributed by atoms with van der Waals surface area (Å²) in [4.78, 5) is 22.3. The minimum absolute atomic E-state index is 0.323. The highest BCUT2D eigenvalue weighted by atomic mass is 35.5. The number of rotatable bonds is 3. The molecule has 0 aliphatic heterocycles. The number of benzene rings is 1. The second kappa shape index (κ2) is 4.13. The van der Waals surface area contributed by atoms with Crippen LogP contribution in [0.2, 0.25) is 0 Å². The summed E-state index contributed by atoms with van der Waals surface area (Å²) in [7, 11) is 0. The number of ketones is 1. The van der Waals surface area contributed by atoms with Gasteiger partial charge in [0.1, 0.15) is 5.60 Å². The Kier molecular flexibility index (Phi) is 3.27. The van der Waals surface area contributed by atoms with Crippen molar-refractivity contribution in [3.8, 4) is 0 Å². The van der Waals surface area contributed by atoms with E-state index in [0.29, 0.717) is 11.1 Å². The van der Waals surface area contributed by atoms with Crippen molar-refractivity contribution in [3.05, 3.63) is 35.4 Å². The van der Waals surface area contributed by atoms with Gasteiger partial charge in [0.25, 0.3) is 5.24 Å². The molecule has 0 saturated carbocycles. The molecule has 15 heavy (non-hydrogen) atoms. The molecule has 0 heterocycles. The molecule has 0 aliphatic rings. The Balaban J connectivity index is 3.00. The first-order valence-corrected chi connectivity index (χ1v) is 4.77. The normalized spacial score (nSPS) is 11.2. The van der Waals surface area contributed by atoms with E-state index in [0.717, 1.165) is 0 Å². The largest absolute Gasteiger partial charge is 0.382 e. The van der Waals surface area contributed by atoms with Gasteiger partial charge in [-0.15, -0.1) is 0 Å². The average molecular weight is 227 g/mol. The molecule has 0 fully saturated rings. The maximum atomic E-state index is 11.6. The lowest BCUT2D eigenvalue weighted by molar-refractivity contribution is 0.0488. The number of carbonyl (C=O) groups is 2. The highest BCUT2D eigenvalue weighted by Crippen LogP contribution is 2.14. The predicted octanol–water partition coefficient (Wildman–Crippen LogP) is 2.02. The van der Waals surface area contributed by atoms with Gasteiger partial charge in [0.15, 0.2) is 5.78 Å². The highest BCUT2D eigenvalue weighted by Gasteiger charge is 2.24. The van der Waals surface area contributed by atoms with Crippen molar-refractivity contribution >= 4 is 22.6 Å². The van der Waals surface area contributed by atoms with Crippen LogP contribution in [0.5, 0.6) is 0 Å². The van der Waals surface area contributed by atoms with Gasteiger partial charge in [-0.3, -0.25) is 9.59 Å². The number of aliphatic hydroxyl groups is 1. The summed E-state index contributed by atoms with van der Waals surface area (Å²) in [5.41, 5.74) is -0.736. The van der Waals surface area contributed by atoms with Gasteiger partial charge in [0.05, 0.1) is 0 Å². The molecule has 1 aromatic rings. The third-order valence-corrected chi connectivity index (χ3v) is 2.15. The molecule has 3 nitrogen and oxygen atoms in total. The summed E-state index contributed by atoms with van der Waals surface area (Å²) in [6.45, 7) is 2.83. The van der Waals surface area contributed by atoms with E-state index in [1.165, 1.54) is 38.1 Å². The molecule has 1 rings (SSSR count). The molecule has 0 aliphatic carbocycles. The Hall–Kier alpha value is -1.19. The molecule has 4 heteroatoms. The van der Waals surface area contributed by atoms with Gasteiger partial charge < -0.3 is 5.11 Å². The fraction of sp³-hybridized carbons (Fsp3) is 0.273. The average Bonchev–Trinajstić information content (AvgIpc) is 2.15. The maximum Gasteiger partial charge on any atom is 0.252 e. The van der Waals surface area contributed by atoms with Gasteiger partial charge in [0.2, 0.25) is 0 Å². The number of halogens is 1. The Bertz CT molecular complexity index is 387. The van der Waals surface area contributed by atoms with Crippen LogP contribution in [-0.4, -0.2) is 21.7 Å². The lowest BCUT2D eigenvalue weighted by Gasteiger charge is -2.15. The van der Waals surface area contributed by atoms with Crippen molar-refractivity contribution < 1.29 is 14.7 Å². The minimum atomic E-state index is -1.41. The minimum Gasteiger partial charge on any atom is -0.382 e. The van der Waals surface area contributed by atoms with E-state index in [-0.39, 0.29) is 0 Å². The lowest BCUT2D eigenvalue weighted by atomic mass is 9.96. The van der Waals surface area contributed by atoms with E-state index >= 15 is 0 Å². The van der Waals surface area contributed by atoms with E-state index < -0.39 is 16.6 Å².